The van der Waals surface area contributed by atoms with Gasteiger partial charge in [0.15, 0.2) is 17.5 Å². The van der Waals surface area contributed by atoms with E-state index in [9.17, 15) is 0 Å². The Morgan fingerprint density at radius 2 is 0.914 bits per heavy atom. The average Bonchev–Trinajstić information content (AvgIpc) is 3.84. The molecule has 12 rings (SSSR count). The first-order valence-electron chi connectivity index (χ1n) is 19.5. The maximum Gasteiger partial charge on any atom is 0.166 e. The molecule has 0 saturated heterocycles. The molecule has 0 unspecified atom stereocenters. The predicted octanol–water partition coefficient (Wildman–Crippen LogP) is 14.3. The Labute approximate surface area is 338 Å². The van der Waals surface area contributed by atoms with Crippen LogP contribution in [0.4, 0.5) is 0 Å². The number of para-hydroxylation sites is 3. The van der Waals surface area contributed by atoms with Crippen LogP contribution in [0.2, 0.25) is 0 Å². The molecular weight excluding hydrogens is 725 g/mol. The number of aromatic nitrogens is 4. The van der Waals surface area contributed by atoms with E-state index in [1.54, 1.807) is 11.3 Å². The Bertz CT molecular complexity index is 3540. The van der Waals surface area contributed by atoms with Crippen molar-refractivity contribution in [3.63, 3.8) is 0 Å². The normalized spacial score (nSPS) is 11.8. The maximum absolute atomic E-state index is 5.48. The molecule has 0 fully saturated rings. The number of thiophene rings is 1. The highest BCUT2D eigenvalue weighted by atomic mass is 32.1. The molecule has 4 nitrogen and oxygen atoms in total. The number of nitrogens with zero attached hydrogens (tertiary/aromatic N) is 4. The summed E-state index contributed by atoms with van der Waals surface area (Å²) in [6, 6.07) is 69.1. The zero-order chi connectivity index (χ0) is 38.2. The summed E-state index contributed by atoms with van der Waals surface area (Å²) >= 11 is 1.79. The standard InChI is InChI=1S/C53H32N4S/c1-2-16-35-32-36(29-28-33(35)14-1)49-37-17-4-3-15-34(37)30-31-43(49)52-54-51(55-53(56-52)44-23-13-22-41-40-20-8-12-27-48(40)58-50(41)44)42-21-7-11-26-47(42)57-45-24-9-5-18-38(45)39-19-6-10-25-46(39)57/h1-32H. The number of benzene rings is 9. The Hall–Kier alpha value is -7.47. The summed E-state index contributed by atoms with van der Waals surface area (Å²) in [5.41, 5.74) is 8.37. The van der Waals surface area contributed by atoms with E-state index in [1.807, 2.05) is 0 Å². The van der Waals surface area contributed by atoms with Crippen molar-refractivity contribution in [2.75, 3.05) is 0 Å². The third-order valence-electron chi connectivity index (χ3n) is 11.5. The summed E-state index contributed by atoms with van der Waals surface area (Å²) < 4.78 is 4.76. The van der Waals surface area contributed by atoms with Crippen molar-refractivity contribution in [1.29, 1.82) is 0 Å². The Kier molecular flexibility index (Phi) is 7.37. The van der Waals surface area contributed by atoms with Crippen LogP contribution in [0, 0.1) is 0 Å². The molecule has 12 aromatic rings. The van der Waals surface area contributed by atoms with E-state index in [0.717, 1.165) is 60.0 Å². The molecule has 0 N–H and O–H groups in total. The van der Waals surface area contributed by atoms with Gasteiger partial charge in [-0.25, -0.2) is 15.0 Å². The molecule has 5 heteroatoms. The van der Waals surface area contributed by atoms with E-state index in [-0.39, 0.29) is 0 Å². The summed E-state index contributed by atoms with van der Waals surface area (Å²) in [6.45, 7) is 0. The molecule has 58 heavy (non-hydrogen) atoms. The summed E-state index contributed by atoms with van der Waals surface area (Å²) in [6.07, 6.45) is 0. The first kappa shape index (κ1) is 32.7. The summed E-state index contributed by atoms with van der Waals surface area (Å²) in [7, 11) is 0. The van der Waals surface area contributed by atoms with E-state index in [1.165, 1.54) is 37.0 Å². The number of rotatable bonds is 5. The lowest BCUT2D eigenvalue weighted by Crippen LogP contribution is -2.04. The second-order valence-electron chi connectivity index (χ2n) is 14.7. The third-order valence-corrected chi connectivity index (χ3v) is 12.7. The maximum atomic E-state index is 5.48. The third kappa shape index (κ3) is 5.11. The van der Waals surface area contributed by atoms with Crippen LogP contribution in [0.3, 0.4) is 0 Å². The monoisotopic (exact) mass is 756 g/mol. The van der Waals surface area contributed by atoms with Crippen molar-refractivity contribution in [3.05, 3.63) is 194 Å². The van der Waals surface area contributed by atoms with Crippen LogP contribution in [0.1, 0.15) is 0 Å². The fourth-order valence-electron chi connectivity index (χ4n) is 8.81. The van der Waals surface area contributed by atoms with E-state index < -0.39 is 0 Å². The smallest absolute Gasteiger partial charge is 0.166 e. The van der Waals surface area contributed by atoms with E-state index in [4.69, 9.17) is 15.0 Å². The molecule has 0 saturated carbocycles. The largest absolute Gasteiger partial charge is 0.309 e. The molecule has 3 heterocycles. The first-order chi connectivity index (χ1) is 28.8. The van der Waals surface area contributed by atoms with Crippen molar-refractivity contribution in [2.24, 2.45) is 0 Å². The molecule has 0 spiro atoms. The molecule has 3 aromatic heterocycles. The van der Waals surface area contributed by atoms with Crippen LogP contribution >= 0.6 is 11.3 Å². The topological polar surface area (TPSA) is 43.6 Å². The van der Waals surface area contributed by atoms with Gasteiger partial charge in [-0.2, -0.15) is 0 Å². The van der Waals surface area contributed by atoms with Crippen LogP contribution in [0.25, 0.3) is 115 Å². The quantitative estimate of drug-likeness (QED) is 0.176. The highest BCUT2D eigenvalue weighted by Gasteiger charge is 2.22. The molecule has 0 amide bonds. The van der Waals surface area contributed by atoms with Crippen LogP contribution in [-0.2, 0) is 0 Å². The van der Waals surface area contributed by atoms with Gasteiger partial charge in [-0.3, -0.25) is 0 Å². The lowest BCUT2D eigenvalue weighted by atomic mass is 9.91. The second kappa shape index (κ2) is 13.1. The van der Waals surface area contributed by atoms with Gasteiger partial charge in [0.1, 0.15) is 0 Å². The molecule has 9 aromatic carbocycles. The number of fused-ring (bicyclic) bond motifs is 8. The molecular formula is C53H32N4S. The summed E-state index contributed by atoms with van der Waals surface area (Å²) in [4.78, 5) is 16.3. The Morgan fingerprint density at radius 1 is 0.362 bits per heavy atom. The molecule has 0 aliphatic carbocycles. The summed E-state index contributed by atoms with van der Waals surface area (Å²) in [5, 5.41) is 9.56. The van der Waals surface area contributed by atoms with E-state index in [0.29, 0.717) is 17.5 Å². The SMILES string of the molecule is c1ccc(-n2c3ccccc3c3ccccc32)c(-c2nc(-c3ccc4ccccc4c3-c3ccc4ccccc4c3)nc(-c3cccc4c3sc3ccccc34)n2)c1. The highest BCUT2D eigenvalue weighted by molar-refractivity contribution is 7.26. The predicted molar refractivity (Wildman–Crippen MR) is 244 cm³/mol. The lowest BCUT2D eigenvalue weighted by Gasteiger charge is -2.17. The first-order valence-corrected chi connectivity index (χ1v) is 20.3. The van der Waals surface area contributed by atoms with Crippen LogP contribution in [-0.4, -0.2) is 19.5 Å². The fraction of sp³-hybridized carbons (Fsp3) is 0. The van der Waals surface area contributed by atoms with Gasteiger partial charge in [-0.05, 0) is 75.6 Å². The van der Waals surface area contributed by atoms with Gasteiger partial charge in [0.2, 0.25) is 0 Å². The van der Waals surface area contributed by atoms with Crippen molar-refractivity contribution in [2.45, 2.75) is 0 Å². The molecule has 0 radical (unpaired) electrons. The minimum atomic E-state index is 0.619. The minimum Gasteiger partial charge on any atom is -0.309 e. The zero-order valence-corrected chi connectivity index (χ0v) is 32.0. The second-order valence-corrected chi connectivity index (χ2v) is 15.8. The van der Waals surface area contributed by atoms with Gasteiger partial charge >= 0.3 is 0 Å². The van der Waals surface area contributed by atoms with Crippen LogP contribution < -0.4 is 0 Å². The lowest BCUT2D eigenvalue weighted by molar-refractivity contribution is 1.07. The molecule has 0 atom stereocenters. The van der Waals surface area contributed by atoms with Crippen molar-refractivity contribution >= 4 is 74.9 Å². The summed E-state index contributed by atoms with van der Waals surface area (Å²) in [5.74, 6) is 1.89. The van der Waals surface area contributed by atoms with E-state index in [2.05, 4.69) is 199 Å². The van der Waals surface area contributed by atoms with Crippen molar-refractivity contribution in [3.8, 4) is 51.0 Å². The van der Waals surface area contributed by atoms with Crippen molar-refractivity contribution in [1.82, 2.24) is 19.5 Å². The van der Waals surface area contributed by atoms with Gasteiger partial charge in [-0.15, -0.1) is 11.3 Å². The van der Waals surface area contributed by atoms with Gasteiger partial charge < -0.3 is 4.57 Å². The van der Waals surface area contributed by atoms with E-state index >= 15 is 0 Å². The van der Waals surface area contributed by atoms with Gasteiger partial charge in [-0.1, -0.05) is 146 Å². The number of hydrogen-bond donors (Lipinski definition) is 0. The molecule has 0 bridgehead atoms. The zero-order valence-electron chi connectivity index (χ0n) is 31.2. The molecule has 0 aliphatic heterocycles. The van der Waals surface area contributed by atoms with Crippen LogP contribution in [0.5, 0.6) is 0 Å². The van der Waals surface area contributed by atoms with Gasteiger partial charge in [0.05, 0.1) is 16.7 Å². The Balaban J connectivity index is 1.17. The minimum absolute atomic E-state index is 0.619. The highest BCUT2D eigenvalue weighted by Crippen LogP contribution is 2.43. The van der Waals surface area contributed by atoms with Crippen molar-refractivity contribution < 1.29 is 0 Å². The number of hydrogen-bond acceptors (Lipinski definition) is 4. The van der Waals surface area contributed by atoms with Gasteiger partial charge in [0, 0.05) is 53.2 Å². The fourth-order valence-corrected chi connectivity index (χ4v) is 10.0. The Morgan fingerprint density at radius 3 is 1.71 bits per heavy atom. The molecule has 270 valence electrons. The van der Waals surface area contributed by atoms with Gasteiger partial charge in [0.25, 0.3) is 0 Å². The van der Waals surface area contributed by atoms with Crippen LogP contribution in [0.15, 0.2) is 194 Å². The molecule has 0 aliphatic rings. The average molecular weight is 757 g/mol.